The van der Waals surface area contributed by atoms with Crippen LogP contribution < -0.4 is 5.73 Å². The summed E-state index contributed by atoms with van der Waals surface area (Å²) in [5.41, 5.74) is 5.40. The molecule has 1 aromatic rings. The van der Waals surface area contributed by atoms with Gasteiger partial charge >= 0.3 is 0 Å². The molecule has 0 bridgehead atoms. The van der Waals surface area contributed by atoms with E-state index in [1.807, 2.05) is 0 Å². The minimum atomic E-state index is -0.425. The fourth-order valence-electron chi connectivity index (χ4n) is 0.963. The van der Waals surface area contributed by atoms with E-state index in [1.165, 1.54) is 18.2 Å². The monoisotopic (exact) mass is 201 g/mol. The molecule has 0 aliphatic carbocycles. The highest BCUT2D eigenvalue weighted by molar-refractivity contribution is 6.30. The average Bonchev–Trinajstić information content (AvgIpc) is 2.11. The van der Waals surface area contributed by atoms with Crippen molar-refractivity contribution in [2.75, 3.05) is 6.54 Å². The number of hydrogen-bond donors (Lipinski definition) is 1. The number of hydrogen-bond acceptors (Lipinski definition) is 2. The van der Waals surface area contributed by atoms with Crippen molar-refractivity contribution in [2.45, 2.75) is 6.42 Å². The van der Waals surface area contributed by atoms with Gasteiger partial charge in [-0.1, -0.05) is 11.6 Å². The maximum atomic E-state index is 13.0. The lowest BCUT2D eigenvalue weighted by Gasteiger charge is -2.01. The van der Waals surface area contributed by atoms with Gasteiger partial charge in [0.15, 0.2) is 5.78 Å². The lowest BCUT2D eigenvalue weighted by molar-refractivity contribution is -0.117. The van der Waals surface area contributed by atoms with Gasteiger partial charge in [-0.25, -0.2) is 4.39 Å². The van der Waals surface area contributed by atoms with Crippen LogP contribution in [0.25, 0.3) is 0 Å². The van der Waals surface area contributed by atoms with Crippen molar-refractivity contribution in [1.82, 2.24) is 0 Å². The van der Waals surface area contributed by atoms with Crippen molar-refractivity contribution in [1.29, 1.82) is 0 Å². The Kier molecular flexibility index (Phi) is 3.39. The minimum Gasteiger partial charge on any atom is -0.324 e. The molecule has 0 radical (unpaired) electrons. The zero-order chi connectivity index (χ0) is 9.84. The van der Waals surface area contributed by atoms with Crippen LogP contribution in [0.3, 0.4) is 0 Å². The number of benzene rings is 1. The molecular weight excluding hydrogens is 193 g/mol. The number of nitrogens with two attached hydrogens (primary N) is 1. The van der Waals surface area contributed by atoms with E-state index in [1.54, 1.807) is 0 Å². The Morgan fingerprint density at radius 2 is 2.23 bits per heavy atom. The second-order valence-electron chi connectivity index (χ2n) is 2.66. The van der Waals surface area contributed by atoms with Gasteiger partial charge in [0.2, 0.25) is 0 Å². The van der Waals surface area contributed by atoms with Gasteiger partial charge in [0.1, 0.15) is 5.82 Å². The lowest BCUT2D eigenvalue weighted by atomic mass is 10.1. The SMILES string of the molecule is NCC(=O)Cc1cc(Cl)ccc1F. The zero-order valence-electron chi connectivity index (χ0n) is 6.89. The first-order valence-corrected chi connectivity index (χ1v) is 4.17. The van der Waals surface area contributed by atoms with Crippen molar-refractivity contribution in [3.8, 4) is 0 Å². The Morgan fingerprint density at radius 3 is 2.85 bits per heavy atom. The molecule has 0 heterocycles. The Morgan fingerprint density at radius 1 is 1.54 bits per heavy atom. The predicted octanol–water partition coefficient (Wildman–Crippen LogP) is 1.55. The average molecular weight is 202 g/mol. The van der Waals surface area contributed by atoms with Gasteiger partial charge in [0, 0.05) is 11.4 Å². The third-order valence-electron chi connectivity index (χ3n) is 1.62. The van der Waals surface area contributed by atoms with Crippen LogP contribution in [-0.4, -0.2) is 12.3 Å². The highest BCUT2D eigenvalue weighted by atomic mass is 35.5. The summed E-state index contributed by atoms with van der Waals surface area (Å²) in [6.07, 6.45) is 0.00287. The van der Waals surface area contributed by atoms with Gasteiger partial charge < -0.3 is 5.73 Å². The smallest absolute Gasteiger partial charge is 0.150 e. The number of halogens is 2. The largest absolute Gasteiger partial charge is 0.324 e. The molecule has 0 unspecified atom stereocenters. The molecule has 0 aromatic heterocycles. The van der Waals surface area contributed by atoms with Gasteiger partial charge in [-0.2, -0.15) is 0 Å². The van der Waals surface area contributed by atoms with E-state index in [-0.39, 0.29) is 18.7 Å². The number of Topliss-reactive ketones (excluding diaryl/α,β-unsaturated/α-hetero) is 1. The standard InChI is InChI=1S/C9H9ClFNO/c10-7-1-2-9(11)6(3-7)4-8(13)5-12/h1-3H,4-5,12H2. The molecule has 1 aromatic carbocycles. The number of rotatable bonds is 3. The van der Waals surface area contributed by atoms with Crippen molar-refractivity contribution < 1.29 is 9.18 Å². The molecule has 2 nitrogen and oxygen atoms in total. The molecule has 2 N–H and O–H groups in total. The summed E-state index contributed by atoms with van der Waals surface area (Å²) in [7, 11) is 0. The van der Waals surface area contributed by atoms with E-state index in [9.17, 15) is 9.18 Å². The van der Waals surface area contributed by atoms with Crippen LogP contribution in [-0.2, 0) is 11.2 Å². The summed E-state index contributed by atoms with van der Waals surface area (Å²) in [5.74, 6) is -0.632. The van der Waals surface area contributed by atoms with Crippen LogP contribution in [0.15, 0.2) is 18.2 Å². The van der Waals surface area contributed by atoms with Gasteiger partial charge in [0.05, 0.1) is 6.54 Å². The third kappa shape index (κ3) is 2.79. The molecule has 0 saturated carbocycles. The van der Waals surface area contributed by atoms with Crippen LogP contribution >= 0.6 is 11.6 Å². The Labute approximate surface area is 80.5 Å². The molecule has 0 amide bonds. The van der Waals surface area contributed by atoms with E-state index in [0.717, 1.165) is 0 Å². The molecule has 1 rings (SSSR count). The van der Waals surface area contributed by atoms with Crippen LogP contribution in [0.4, 0.5) is 4.39 Å². The number of carbonyl (C=O) groups excluding carboxylic acids is 1. The maximum absolute atomic E-state index is 13.0. The van der Waals surface area contributed by atoms with Gasteiger partial charge in [-0.05, 0) is 23.8 Å². The molecule has 0 saturated heterocycles. The van der Waals surface area contributed by atoms with Crippen LogP contribution in [0.5, 0.6) is 0 Å². The zero-order valence-corrected chi connectivity index (χ0v) is 7.64. The number of ketones is 1. The van der Waals surface area contributed by atoms with Crippen molar-refractivity contribution in [2.24, 2.45) is 5.73 Å². The molecule has 13 heavy (non-hydrogen) atoms. The van der Waals surface area contributed by atoms with Crippen LogP contribution in [0, 0.1) is 5.82 Å². The van der Waals surface area contributed by atoms with E-state index < -0.39 is 5.82 Å². The Bertz CT molecular complexity index is 327. The van der Waals surface area contributed by atoms with Crippen molar-refractivity contribution in [3.63, 3.8) is 0 Å². The molecule has 0 atom stereocenters. The molecule has 4 heteroatoms. The second-order valence-corrected chi connectivity index (χ2v) is 3.09. The molecule has 0 aliphatic heterocycles. The van der Waals surface area contributed by atoms with Gasteiger partial charge in [-0.3, -0.25) is 4.79 Å². The first-order valence-electron chi connectivity index (χ1n) is 3.79. The second kappa shape index (κ2) is 4.35. The molecular formula is C9H9ClFNO. The molecule has 0 aliphatic rings. The minimum absolute atomic E-state index is 0.00287. The van der Waals surface area contributed by atoms with E-state index in [4.69, 9.17) is 17.3 Å². The molecule has 0 spiro atoms. The molecule has 70 valence electrons. The summed E-state index contributed by atoms with van der Waals surface area (Å²) in [4.78, 5) is 10.9. The summed E-state index contributed by atoms with van der Waals surface area (Å²) < 4.78 is 13.0. The quantitative estimate of drug-likeness (QED) is 0.807. The maximum Gasteiger partial charge on any atom is 0.150 e. The fourth-order valence-corrected chi connectivity index (χ4v) is 1.16. The van der Waals surface area contributed by atoms with Crippen LogP contribution in [0.2, 0.25) is 5.02 Å². The fraction of sp³-hybridized carbons (Fsp3) is 0.222. The third-order valence-corrected chi connectivity index (χ3v) is 1.86. The number of carbonyl (C=O) groups is 1. The topological polar surface area (TPSA) is 43.1 Å². The highest BCUT2D eigenvalue weighted by Crippen LogP contribution is 2.15. The Balaban J connectivity index is 2.87. The first-order chi connectivity index (χ1) is 6.13. The summed E-state index contributed by atoms with van der Waals surface area (Å²) in [6.45, 7) is -0.0774. The first kappa shape index (κ1) is 10.2. The van der Waals surface area contributed by atoms with E-state index in [0.29, 0.717) is 10.6 Å². The summed E-state index contributed by atoms with van der Waals surface area (Å²) in [6, 6.07) is 4.11. The van der Waals surface area contributed by atoms with Crippen LogP contribution in [0.1, 0.15) is 5.56 Å². The normalized spacial score (nSPS) is 10.1. The van der Waals surface area contributed by atoms with Crippen molar-refractivity contribution >= 4 is 17.4 Å². The van der Waals surface area contributed by atoms with Gasteiger partial charge in [-0.15, -0.1) is 0 Å². The molecule has 0 fully saturated rings. The van der Waals surface area contributed by atoms with Gasteiger partial charge in [0.25, 0.3) is 0 Å². The summed E-state index contributed by atoms with van der Waals surface area (Å²) >= 11 is 5.63. The Hall–Kier alpha value is -0.930. The van der Waals surface area contributed by atoms with E-state index in [2.05, 4.69) is 0 Å². The highest BCUT2D eigenvalue weighted by Gasteiger charge is 2.06. The predicted molar refractivity (Wildman–Crippen MR) is 49.2 cm³/mol. The summed E-state index contributed by atoms with van der Waals surface area (Å²) in [5, 5.41) is 0.418. The van der Waals surface area contributed by atoms with E-state index >= 15 is 0 Å². The van der Waals surface area contributed by atoms with Crippen molar-refractivity contribution in [3.05, 3.63) is 34.6 Å². The lowest BCUT2D eigenvalue weighted by Crippen LogP contribution is -2.16.